The second-order valence-electron chi connectivity index (χ2n) is 4.69. The van der Waals surface area contributed by atoms with Gasteiger partial charge in [0.1, 0.15) is 0 Å². The van der Waals surface area contributed by atoms with Gasteiger partial charge in [-0.3, -0.25) is 0 Å². The third kappa shape index (κ3) is 3.06. The van der Waals surface area contributed by atoms with Crippen molar-refractivity contribution in [3.05, 3.63) is 29.3 Å². The molecule has 0 aromatic heterocycles. The molecule has 90 valence electrons. The molecular formula is C12H19NO2S. The zero-order chi connectivity index (χ0) is 12.5. The molecule has 2 N–H and O–H groups in total. The molecule has 0 aliphatic carbocycles. The molecule has 0 amide bonds. The van der Waals surface area contributed by atoms with E-state index in [9.17, 15) is 8.42 Å². The Morgan fingerprint density at radius 1 is 0.938 bits per heavy atom. The zero-order valence-corrected chi connectivity index (χ0v) is 11.0. The van der Waals surface area contributed by atoms with Crippen LogP contribution in [0.5, 0.6) is 0 Å². The van der Waals surface area contributed by atoms with Crippen LogP contribution in [0.4, 0.5) is 0 Å². The largest absolute Gasteiger partial charge is 0.238 e. The lowest BCUT2D eigenvalue weighted by Gasteiger charge is -2.13. The third-order valence-electron chi connectivity index (χ3n) is 2.61. The molecule has 0 heterocycles. The highest BCUT2D eigenvalue weighted by Crippen LogP contribution is 2.24. The van der Waals surface area contributed by atoms with Crippen molar-refractivity contribution in [3.63, 3.8) is 0 Å². The van der Waals surface area contributed by atoms with E-state index in [0.717, 1.165) is 11.1 Å². The van der Waals surface area contributed by atoms with Crippen molar-refractivity contribution in [2.45, 2.75) is 44.4 Å². The molecule has 1 rings (SSSR count). The average Bonchev–Trinajstić information content (AvgIpc) is 2.15. The standard InChI is InChI=1S/C12H19NO2S/c1-8(2)10-5-11(9(3)4)7-12(6-10)16(13,14)15/h5-9H,1-4H3,(H2,13,14,15). The van der Waals surface area contributed by atoms with Gasteiger partial charge in [-0.2, -0.15) is 0 Å². The maximum atomic E-state index is 11.4. The molecular weight excluding hydrogens is 222 g/mol. The Morgan fingerprint density at radius 2 is 1.31 bits per heavy atom. The molecule has 0 radical (unpaired) electrons. The molecule has 0 aliphatic heterocycles. The average molecular weight is 241 g/mol. The van der Waals surface area contributed by atoms with E-state index in [4.69, 9.17) is 5.14 Å². The van der Waals surface area contributed by atoms with E-state index in [0.29, 0.717) is 11.8 Å². The first-order valence-corrected chi connectivity index (χ1v) is 6.94. The van der Waals surface area contributed by atoms with Gasteiger partial charge in [-0.1, -0.05) is 33.8 Å². The molecule has 3 nitrogen and oxygen atoms in total. The van der Waals surface area contributed by atoms with Crippen LogP contribution in [-0.2, 0) is 10.0 Å². The van der Waals surface area contributed by atoms with Gasteiger partial charge >= 0.3 is 0 Å². The summed E-state index contributed by atoms with van der Waals surface area (Å²) in [7, 11) is -3.61. The molecule has 4 heteroatoms. The van der Waals surface area contributed by atoms with Crippen LogP contribution in [0.25, 0.3) is 0 Å². The van der Waals surface area contributed by atoms with E-state index < -0.39 is 10.0 Å². The summed E-state index contributed by atoms with van der Waals surface area (Å²) in [6.07, 6.45) is 0. The van der Waals surface area contributed by atoms with Gasteiger partial charge < -0.3 is 0 Å². The minimum atomic E-state index is -3.61. The second-order valence-corrected chi connectivity index (χ2v) is 6.25. The Balaban J connectivity index is 3.42. The van der Waals surface area contributed by atoms with E-state index in [1.165, 1.54) is 0 Å². The summed E-state index contributed by atoms with van der Waals surface area (Å²) >= 11 is 0. The maximum absolute atomic E-state index is 11.4. The van der Waals surface area contributed by atoms with Crippen LogP contribution in [0, 0.1) is 0 Å². The van der Waals surface area contributed by atoms with E-state index in [2.05, 4.69) is 0 Å². The summed E-state index contributed by atoms with van der Waals surface area (Å²) in [5.41, 5.74) is 2.02. The van der Waals surface area contributed by atoms with Crippen molar-refractivity contribution < 1.29 is 8.42 Å². The lowest BCUT2D eigenvalue weighted by Crippen LogP contribution is -2.13. The molecule has 0 saturated heterocycles. The van der Waals surface area contributed by atoms with Gasteiger partial charge in [-0.25, -0.2) is 13.6 Å². The third-order valence-corrected chi connectivity index (χ3v) is 3.51. The minimum absolute atomic E-state index is 0.211. The van der Waals surface area contributed by atoms with Crippen molar-refractivity contribution in [3.8, 4) is 0 Å². The maximum Gasteiger partial charge on any atom is 0.238 e. The highest BCUT2D eigenvalue weighted by Gasteiger charge is 2.13. The van der Waals surface area contributed by atoms with Crippen molar-refractivity contribution in [2.75, 3.05) is 0 Å². The molecule has 0 atom stereocenters. The van der Waals surface area contributed by atoms with Crippen molar-refractivity contribution in [2.24, 2.45) is 5.14 Å². The lowest BCUT2D eigenvalue weighted by molar-refractivity contribution is 0.597. The smallest absolute Gasteiger partial charge is 0.225 e. The predicted molar refractivity (Wildman–Crippen MR) is 66.0 cm³/mol. The zero-order valence-electron chi connectivity index (χ0n) is 10.2. The molecule has 0 spiro atoms. The van der Waals surface area contributed by atoms with Crippen LogP contribution in [0.15, 0.2) is 23.1 Å². The fourth-order valence-corrected chi connectivity index (χ4v) is 2.08. The van der Waals surface area contributed by atoms with Gasteiger partial charge in [0.15, 0.2) is 0 Å². The molecule has 0 fully saturated rings. The molecule has 0 aliphatic rings. The Morgan fingerprint density at radius 3 is 1.56 bits per heavy atom. The highest BCUT2D eigenvalue weighted by molar-refractivity contribution is 7.89. The number of hydrogen-bond donors (Lipinski definition) is 1. The van der Waals surface area contributed by atoms with E-state index in [1.807, 2.05) is 33.8 Å². The minimum Gasteiger partial charge on any atom is -0.225 e. The van der Waals surface area contributed by atoms with E-state index in [-0.39, 0.29) is 4.90 Å². The highest BCUT2D eigenvalue weighted by atomic mass is 32.2. The summed E-state index contributed by atoms with van der Waals surface area (Å²) < 4.78 is 22.7. The van der Waals surface area contributed by atoms with Crippen molar-refractivity contribution >= 4 is 10.0 Å². The Labute approximate surface area is 97.7 Å². The van der Waals surface area contributed by atoms with Gasteiger partial charge in [-0.05, 0) is 35.1 Å². The fraction of sp³-hybridized carbons (Fsp3) is 0.500. The van der Waals surface area contributed by atoms with E-state index >= 15 is 0 Å². The number of primary sulfonamides is 1. The number of nitrogens with two attached hydrogens (primary N) is 1. The van der Waals surface area contributed by atoms with Gasteiger partial charge in [0.05, 0.1) is 4.90 Å². The normalized spacial score (nSPS) is 12.4. The van der Waals surface area contributed by atoms with Crippen LogP contribution in [0.2, 0.25) is 0 Å². The van der Waals surface area contributed by atoms with Crippen LogP contribution >= 0.6 is 0 Å². The topological polar surface area (TPSA) is 60.2 Å². The summed E-state index contributed by atoms with van der Waals surface area (Å²) in [5.74, 6) is 0.582. The van der Waals surface area contributed by atoms with Gasteiger partial charge in [0.2, 0.25) is 10.0 Å². The number of sulfonamides is 1. The van der Waals surface area contributed by atoms with Crippen LogP contribution in [0.3, 0.4) is 0 Å². The van der Waals surface area contributed by atoms with Crippen LogP contribution in [-0.4, -0.2) is 8.42 Å². The van der Waals surface area contributed by atoms with Gasteiger partial charge in [0.25, 0.3) is 0 Å². The summed E-state index contributed by atoms with van der Waals surface area (Å²) in [5, 5.41) is 5.17. The monoisotopic (exact) mass is 241 g/mol. The lowest BCUT2D eigenvalue weighted by atomic mass is 9.96. The van der Waals surface area contributed by atoms with Crippen LogP contribution in [0.1, 0.15) is 50.7 Å². The van der Waals surface area contributed by atoms with Crippen molar-refractivity contribution in [1.29, 1.82) is 0 Å². The first-order chi connectivity index (χ1) is 7.21. The summed E-state index contributed by atoms with van der Waals surface area (Å²) in [4.78, 5) is 0.211. The van der Waals surface area contributed by atoms with Gasteiger partial charge in [-0.15, -0.1) is 0 Å². The van der Waals surface area contributed by atoms with E-state index in [1.54, 1.807) is 12.1 Å². The Bertz CT molecular complexity index is 450. The first-order valence-electron chi connectivity index (χ1n) is 5.39. The molecule has 0 unspecified atom stereocenters. The Hall–Kier alpha value is -0.870. The SMILES string of the molecule is CC(C)c1cc(C(C)C)cc(S(N)(=O)=O)c1. The molecule has 1 aromatic carbocycles. The number of hydrogen-bond acceptors (Lipinski definition) is 2. The fourth-order valence-electron chi connectivity index (χ4n) is 1.48. The number of benzene rings is 1. The second kappa shape index (κ2) is 4.55. The molecule has 1 aromatic rings. The summed E-state index contributed by atoms with van der Waals surface area (Å²) in [6.45, 7) is 8.14. The first kappa shape index (κ1) is 13.2. The van der Waals surface area contributed by atoms with Crippen molar-refractivity contribution in [1.82, 2.24) is 0 Å². The predicted octanol–water partition coefficient (Wildman–Crippen LogP) is 2.58. The molecule has 16 heavy (non-hydrogen) atoms. The molecule has 0 bridgehead atoms. The summed E-state index contributed by atoms with van der Waals surface area (Å²) in [6, 6.07) is 5.36. The van der Waals surface area contributed by atoms with Crippen LogP contribution < -0.4 is 5.14 Å². The van der Waals surface area contributed by atoms with Gasteiger partial charge in [0, 0.05) is 0 Å². The quantitative estimate of drug-likeness (QED) is 0.884. The molecule has 0 saturated carbocycles. The Kier molecular flexibility index (Phi) is 3.76. The number of rotatable bonds is 3.